The van der Waals surface area contributed by atoms with Crippen LogP contribution in [-0.4, -0.2) is 27.3 Å². The molecular formula is C25H22FN3O2S. The first-order valence-corrected chi connectivity index (χ1v) is 11.2. The molecule has 1 unspecified atom stereocenters. The van der Waals surface area contributed by atoms with E-state index in [1.54, 1.807) is 43.3 Å². The SMILES string of the molecule is CC(Sc1nc2ccccc2c(=O)n1-c1cccc(F)c1)C(=O)NCCc1ccccc1. The van der Waals surface area contributed by atoms with Crippen molar-refractivity contribution < 1.29 is 9.18 Å². The Hall–Kier alpha value is -3.45. The van der Waals surface area contributed by atoms with Crippen molar-refractivity contribution in [1.29, 1.82) is 0 Å². The molecule has 0 saturated carbocycles. The highest BCUT2D eigenvalue weighted by molar-refractivity contribution is 8.00. The number of hydrogen-bond acceptors (Lipinski definition) is 4. The second kappa shape index (κ2) is 9.78. The minimum atomic E-state index is -0.501. The van der Waals surface area contributed by atoms with Crippen molar-refractivity contribution in [1.82, 2.24) is 14.9 Å². The van der Waals surface area contributed by atoms with Gasteiger partial charge in [-0.3, -0.25) is 14.2 Å². The second-order valence-electron chi connectivity index (χ2n) is 7.32. The Labute approximate surface area is 189 Å². The Bertz CT molecular complexity index is 1310. The fourth-order valence-electron chi connectivity index (χ4n) is 3.36. The normalized spacial score (nSPS) is 11.9. The lowest BCUT2D eigenvalue weighted by Gasteiger charge is -2.16. The van der Waals surface area contributed by atoms with Gasteiger partial charge in [0.25, 0.3) is 5.56 Å². The summed E-state index contributed by atoms with van der Waals surface area (Å²) in [6, 6.07) is 22.7. The highest BCUT2D eigenvalue weighted by Gasteiger charge is 2.20. The average Bonchev–Trinajstić information content (AvgIpc) is 2.80. The van der Waals surface area contributed by atoms with Gasteiger partial charge in [-0.1, -0.05) is 60.3 Å². The molecule has 0 radical (unpaired) electrons. The van der Waals surface area contributed by atoms with Crippen molar-refractivity contribution in [3.05, 3.63) is 101 Å². The Balaban J connectivity index is 1.59. The number of hydrogen-bond donors (Lipinski definition) is 1. The van der Waals surface area contributed by atoms with Crippen LogP contribution < -0.4 is 10.9 Å². The molecule has 0 spiro atoms. The molecule has 1 heterocycles. The first-order chi connectivity index (χ1) is 15.5. The number of fused-ring (bicyclic) bond motifs is 1. The minimum absolute atomic E-state index is 0.154. The van der Waals surface area contributed by atoms with Gasteiger partial charge in [0.1, 0.15) is 5.82 Å². The van der Waals surface area contributed by atoms with Gasteiger partial charge < -0.3 is 5.32 Å². The minimum Gasteiger partial charge on any atom is -0.355 e. The molecule has 3 aromatic carbocycles. The standard InChI is InChI=1S/C25H22FN3O2S/c1-17(23(30)27-15-14-18-8-3-2-4-9-18)32-25-28-22-13-6-5-12-21(22)24(31)29(25)20-11-7-10-19(26)16-20/h2-13,16-17H,14-15H2,1H3,(H,27,30). The number of nitrogens with one attached hydrogen (secondary N) is 1. The lowest BCUT2D eigenvalue weighted by Crippen LogP contribution is -2.33. The molecule has 0 fully saturated rings. The summed E-state index contributed by atoms with van der Waals surface area (Å²) in [4.78, 5) is 30.5. The largest absolute Gasteiger partial charge is 0.355 e. The zero-order chi connectivity index (χ0) is 22.5. The summed E-state index contributed by atoms with van der Waals surface area (Å²) in [5, 5.41) is 3.20. The van der Waals surface area contributed by atoms with Crippen LogP contribution in [-0.2, 0) is 11.2 Å². The van der Waals surface area contributed by atoms with Crippen LogP contribution in [0.25, 0.3) is 16.6 Å². The first-order valence-electron chi connectivity index (χ1n) is 10.3. The van der Waals surface area contributed by atoms with Gasteiger partial charge in [-0.2, -0.15) is 0 Å². The van der Waals surface area contributed by atoms with E-state index in [0.29, 0.717) is 28.3 Å². The molecule has 1 atom stereocenters. The summed E-state index contributed by atoms with van der Waals surface area (Å²) >= 11 is 1.17. The third kappa shape index (κ3) is 4.89. The molecule has 162 valence electrons. The number of amides is 1. The van der Waals surface area contributed by atoms with Crippen molar-refractivity contribution in [3.8, 4) is 5.69 Å². The highest BCUT2D eigenvalue weighted by Crippen LogP contribution is 2.25. The van der Waals surface area contributed by atoms with Crippen LogP contribution in [0, 0.1) is 5.82 Å². The lowest BCUT2D eigenvalue weighted by atomic mass is 10.1. The number of nitrogens with zero attached hydrogens (tertiary/aromatic N) is 2. The van der Waals surface area contributed by atoms with E-state index in [4.69, 9.17) is 0 Å². The molecule has 0 aliphatic heterocycles. The van der Waals surface area contributed by atoms with E-state index in [9.17, 15) is 14.0 Å². The molecule has 5 nitrogen and oxygen atoms in total. The molecule has 4 aromatic rings. The van der Waals surface area contributed by atoms with Crippen LogP contribution in [0.5, 0.6) is 0 Å². The second-order valence-corrected chi connectivity index (χ2v) is 8.63. The summed E-state index contributed by atoms with van der Waals surface area (Å²) in [6.07, 6.45) is 0.728. The number of rotatable bonds is 7. The van der Waals surface area contributed by atoms with Crippen molar-refractivity contribution in [2.24, 2.45) is 0 Å². The molecule has 32 heavy (non-hydrogen) atoms. The molecule has 1 N–H and O–H groups in total. The third-order valence-electron chi connectivity index (χ3n) is 5.02. The number of halogens is 1. The first kappa shape index (κ1) is 21.8. The van der Waals surface area contributed by atoms with Crippen LogP contribution in [0.1, 0.15) is 12.5 Å². The van der Waals surface area contributed by atoms with E-state index in [1.165, 1.54) is 28.5 Å². The number of benzene rings is 3. The maximum Gasteiger partial charge on any atom is 0.266 e. The van der Waals surface area contributed by atoms with Gasteiger partial charge in [0.05, 0.1) is 21.8 Å². The summed E-state index contributed by atoms with van der Waals surface area (Å²) in [5.74, 6) is -0.607. The van der Waals surface area contributed by atoms with E-state index < -0.39 is 11.1 Å². The molecule has 0 bridgehead atoms. The fourth-order valence-corrected chi connectivity index (χ4v) is 4.32. The third-order valence-corrected chi connectivity index (χ3v) is 6.07. The number of thioether (sulfide) groups is 1. The van der Waals surface area contributed by atoms with Crippen LogP contribution in [0.4, 0.5) is 4.39 Å². The van der Waals surface area contributed by atoms with Gasteiger partial charge in [-0.25, -0.2) is 9.37 Å². The van der Waals surface area contributed by atoms with Gasteiger partial charge in [-0.05, 0) is 49.2 Å². The summed E-state index contributed by atoms with van der Waals surface area (Å²) < 4.78 is 15.3. The van der Waals surface area contributed by atoms with Crippen LogP contribution in [0.3, 0.4) is 0 Å². The molecular weight excluding hydrogens is 425 g/mol. The quantitative estimate of drug-likeness (QED) is 0.338. The predicted molar refractivity (Wildman–Crippen MR) is 126 cm³/mol. The van der Waals surface area contributed by atoms with Crippen LogP contribution >= 0.6 is 11.8 Å². The zero-order valence-electron chi connectivity index (χ0n) is 17.5. The highest BCUT2D eigenvalue weighted by atomic mass is 32.2. The Morgan fingerprint density at radius 2 is 1.81 bits per heavy atom. The van der Waals surface area contributed by atoms with Crippen molar-refractivity contribution in [2.75, 3.05) is 6.54 Å². The lowest BCUT2D eigenvalue weighted by molar-refractivity contribution is -0.120. The molecule has 7 heteroatoms. The topological polar surface area (TPSA) is 64.0 Å². The number of aromatic nitrogens is 2. The average molecular weight is 448 g/mol. The van der Waals surface area contributed by atoms with Crippen molar-refractivity contribution >= 4 is 28.6 Å². The number of para-hydroxylation sites is 1. The fraction of sp³-hybridized carbons (Fsp3) is 0.160. The molecule has 4 rings (SSSR count). The van der Waals surface area contributed by atoms with E-state index in [-0.39, 0.29) is 11.5 Å². The molecule has 0 saturated heterocycles. The molecule has 1 amide bonds. The Kier molecular flexibility index (Phi) is 6.66. The smallest absolute Gasteiger partial charge is 0.266 e. The van der Waals surface area contributed by atoms with E-state index in [2.05, 4.69) is 10.3 Å². The monoisotopic (exact) mass is 447 g/mol. The van der Waals surface area contributed by atoms with Gasteiger partial charge in [0.15, 0.2) is 5.16 Å². The van der Waals surface area contributed by atoms with Crippen LogP contribution in [0.2, 0.25) is 0 Å². The van der Waals surface area contributed by atoms with Gasteiger partial charge in [0.2, 0.25) is 5.91 Å². The zero-order valence-corrected chi connectivity index (χ0v) is 18.3. The van der Waals surface area contributed by atoms with Gasteiger partial charge >= 0.3 is 0 Å². The summed E-state index contributed by atoms with van der Waals surface area (Å²) in [6.45, 7) is 2.27. The number of carbonyl (C=O) groups is 1. The maximum absolute atomic E-state index is 13.9. The summed E-state index contributed by atoms with van der Waals surface area (Å²) in [5.41, 5.74) is 1.74. The van der Waals surface area contributed by atoms with E-state index in [1.807, 2.05) is 30.3 Å². The van der Waals surface area contributed by atoms with Gasteiger partial charge in [0, 0.05) is 6.54 Å². The van der Waals surface area contributed by atoms with Crippen molar-refractivity contribution in [2.45, 2.75) is 23.8 Å². The molecule has 0 aliphatic rings. The maximum atomic E-state index is 13.9. The number of carbonyl (C=O) groups excluding carboxylic acids is 1. The summed E-state index contributed by atoms with van der Waals surface area (Å²) in [7, 11) is 0. The predicted octanol–water partition coefficient (Wildman–Crippen LogP) is 4.36. The molecule has 0 aliphatic carbocycles. The van der Waals surface area contributed by atoms with Crippen molar-refractivity contribution in [3.63, 3.8) is 0 Å². The van der Waals surface area contributed by atoms with E-state index >= 15 is 0 Å². The molecule has 1 aromatic heterocycles. The van der Waals surface area contributed by atoms with Crippen LogP contribution in [0.15, 0.2) is 88.8 Å². The Morgan fingerprint density at radius 3 is 2.59 bits per heavy atom. The Morgan fingerprint density at radius 1 is 1.06 bits per heavy atom. The van der Waals surface area contributed by atoms with Gasteiger partial charge in [-0.15, -0.1) is 0 Å². The van der Waals surface area contributed by atoms with E-state index in [0.717, 1.165) is 12.0 Å².